The maximum Gasteiger partial charge on any atom is 0.193 e. The number of phenols is 2. The molecule has 5 nitrogen and oxygen atoms in total. The number of phenolic OH excluding ortho intramolecular Hbond substituents is 2. The first-order chi connectivity index (χ1) is 13.0. The van der Waals surface area contributed by atoms with Crippen LogP contribution >= 0.6 is 0 Å². The van der Waals surface area contributed by atoms with Crippen molar-refractivity contribution >= 4 is 11.0 Å². The molecular weight excluding hydrogens is 344 g/mol. The third-order valence-electron chi connectivity index (χ3n) is 4.41. The average Bonchev–Trinajstić information content (AvgIpc) is 2.70. The van der Waals surface area contributed by atoms with E-state index in [2.05, 4.69) is 0 Å². The number of methoxy groups -OCH3 is 1. The summed E-state index contributed by atoms with van der Waals surface area (Å²) in [5.74, 6) is 0.581. The molecule has 0 amide bonds. The van der Waals surface area contributed by atoms with E-state index in [9.17, 15) is 15.0 Å². The predicted octanol–water partition coefficient (Wildman–Crippen LogP) is 4.55. The monoisotopic (exact) mass is 360 g/mol. The van der Waals surface area contributed by atoms with Crippen molar-refractivity contribution in [2.45, 2.75) is 0 Å². The maximum atomic E-state index is 12.6. The van der Waals surface area contributed by atoms with E-state index in [-0.39, 0.29) is 16.9 Å². The van der Waals surface area contributed by atoms with Crippen LogP contribution in [0.4, 0.5) is 0 Å². The highest BCUT2D eigenvalue weighted by Gasteiger charge is 2.10. The Morgan fingerprint density at radius 3 is 2.19 bits per heavy atom. The molecule has 3 aromatic carbocycles. The molecule has 2 N–H and O–H groups in total. The first-order valence-corrected chi connectivity index (χ1v) is 8.30. The molecule has 27 heavy (non-hydrogen) atoms. The number of fused-ring (bicyclic) bond motifs is 1. The summed E-state index contributed by atoms with van der Waals surface area (Å²) < 4.78 is 11.0. The molecule has 1 aromatic heterocycles. The van der Waals surface area contributed by atoms with Crippen LogP contribution in [0.15, 0.2) is 75.9 Å². The molecule has 5 heteroatoms. The van der Waals surface area contributed by atoms with Gasteiger partial charge in [-0.3, -0.25) is 4.79 Å². The Labute approximate surface area is 154 Å². The molecule has 0 aliphatic carbocycles. The van der Waals surface area contributed by atoms with Crippen molar-refractivity contribution in [2.24, 2.45) is 0 Å². The Hall–Kier alpha value is -3.73. The zero-order valence-corrected chi connectivity index (χ0v) is 14.5. The number of hydrogen-bond acceptors (Lipinski definition) is 5. The van der Waals surface area contributed by atoms with E-state index in [1.807, 2.05) is 30.3 Å². The molecule has 0 fully saturated rings. The van der Waals surface area contributed by atoms with Crippen molar-refractivity contribution in [3.63, 3.8) is 0 Å². The zero-order chi connectivity index (χ0) is 19.0. The van der Waals surface area contributed by atoms with Gasteiger partial charge in [0.25, 0.3) is 0 Å². The molecule has 0 unspecified atom stereocenters. The van der Waals surface area contributed by atoms with E-state index in [0.29, 0.717) is 22.3 Å². The fourth-order valence-corrected chi connectivity index (χ4v) is 2.94. The van der Waals surface area contributed by atoms with E-state index < -0.39 is 0 Å². The Balaban J connectivity index is 1.80. The van der Waals surface area contributed by atoms with E-state index >= 15 is 0 Å². The van der Waals surface area contributed by atoms with Crippen molar-refractivity contribution in [2.75, 3.05) is 7.11 Å². The van der Waals surface area contributed by atoms with Gasteiger partial charge in [-0.15, -0.1) is 0 Å². The van der Waals surface area contributed by atoms with Crippen molar-refractivity contribution in [3.8, 4) is 39.7 Å². The standard InChI is InChI=1S/C22H16O5/c1-26-16-6-2-13(3-7-16)14-5-9-21-17(10-14)19(24)12-22(27-21)15-4-8-18(23)20(25)11-15/h2-12,23,25H,1H3. The van der Waals surface area contributed by atoms with Crippen molar-refractivity contribution in [1.29, 1.82) is 0 Å². The van der Waals surface area contributed by atoms with Gasteiger partial charge in [-0.25, -0.2) is 0 Å². The highest BCUT2D eigenvalue weighted by molar-refractivity contribution is 5.84. The SMILES string of the molecule is COc1ccc(-c2ccc3oc(-c4ccc(O)c(O)c4)cc(=O)c3c2)cc1. The van der Waals surface area contributed by atoms with Gasteiger partial charge >= 0.3 is 0 Å². The summed E-state index contributed by atoms with van der Waals surface area (Å²) in [5, 5.41) is 19.6. The second-order valence-electron chi connectivity index (χ2n) is 6.12. The summed E-state index contributed by atoms with van der Waals surface area (Å²) in [7, 11) is 1.61. The lowest BCUT2D eigenvalue weighted by atomic mass is 10.0. The van der Waals surface area contributed by atoms with Crippen LogP contribution in [-0.2, 0) is 0 Å². The Bertz CT molecular complexity index is 1190. The Morgan fingerprint density at radius 1 is 0.778 bits per heavy atom. The number of rotatable bonds is 3. The second kappa shape index (κ2) is 6.53. The average molecular weight is 360 g/mol. The van der Waals surface area contributed by atoms with Gasteiger partial charge in [0.15, 0.2) is 16.9 Å². The third kappa shape index (κ3) is 3.11. The number of ether oxygens (including phenoxy) is 1. The van der Waals surface area contributed by atoms with Gasteiger partial charge in [0.1, 0.15) is 17.1 Å². The lowest BCUT2D eigenvalue weighted by Crippen LogP contribution is -2.00. The first kappa shape index (κ1) is 16.7. The van der Waals surface area contributed by atoms with Crippen LogP contribution in [0.25, 0.3) is 33.4 Å². The fourth-order valence-electron chi connectivity index (χ4n) is 2.94. The molecule has 0 bridgehead atoms. The highest BCUT2D eigenvalue weighted by Crippen LogP contribution is 2.32. The van der Waals surface area contributed by atoms with Crippen LogP contribution < -0.4 is 10.2 Å². The quantitative estimate of drug-likeness (QED) is 0.524. The number of benzene rings is 3. The van der Waals surface area contributed by atoms with Crippen molar-refractivity contribution in [1.82, 2.24) is 0 Å². The highest BCUT2D eigenvalue weighted by atomic mass is 16.5. The van der Waals surface area contributed by atoms with Crippen LogP contribution in [-0.4, -0.2) is 17.3 Å². The molecule has 0 radical (unpaired) electrons. The summed E-state index contributed by atoms with van der Waals surface area (Å²) >= 11 is 0. The molecule has 4 rings (SSSR count). The minimum absolute atomic E-state index is 0.186. The topological polar surface area (TPSA) is 79.9 Å². The number of aromatic hydroxyl groups is 2. The third-order valence-corrected chi connectivity index (χ3v) is 4.41. The van der Waals surface area contributed by atoms with Gasteiger partial charge in [-0.05, 0) is 53.6 Å². The molecule has 0 atom stereocenters. The normalized spacial score (nSPS) is 10.9. The van der Waals surface area contributed by atoms with Gasteiger partial charge in [-0.1, -0.05) is 18.2 Å². The molecular formula is C22H16O5. The predicted molar refractivity (Wildman–Crippen MR) is 103 cm³/mol. The summed E-state index contributed by atoms with van der Waals surface area (Å²) in [4.78, 5) is 12.6. The van der Waals surface area contributed by atoms with E-state index in [0.717, 1.165) is 16.9 Å². The molecule has 0 spiro atoms. The Kier molecular flexibility index (Phi) is 4.05. The van der Waals surface area contributed by atoms with Gasteiger partial charge in [0.05, 0.1) is 12.5 Å². The second-order valence-corrected chi connectivity index (χ2v) is 6.12. The minimum Gasteiger partial charge on any atom is -0.504 e. The molecule has 0 aliphatic heterocycles. The van der Waals surface area contributed by atoms with Crippen molar-refractivity contribution < 1.29 is 19.4 Å². The molecule has 0 saturated heterocycles. The van der Waals surface area contributed by atoms with Crippen LogP contribution in [0.3, 0.4) is 0 Å². The minimum atomic E-state index is -0.273. The summed E-state index contributed by atoms with van der Waals surface area (Å²) in [6.45, 7) is 0. The van der Waals surface area contributed by atoms with Gasteiger partial charge in [0.2, 0.25) is 0 Å². The Morgan fingerprint density at radius 2 is 1.48 bits per heavy atom. The lowest BCUT2D eigenvalue weighted by Gasteiger charge is -2.07. The molecule has 0 saturated carbocycles. The van der Waals surface area contributed by atoms with E-state index in [4.69, 9.17) is 9.15 Å². The van der Waals surface area contributed by atoms with Crippen LogP contribution in [0.5, 0.6) is 17.2 Å². The van der Waals surface area contributed by atoms with Crippen LogP contribution in [0.2, 0.25) is 0 Å². The maximum absolute atomic E-state index is 12.6. The summed E-state index contributed by atoms with van der Waals surface area (Å²) in [6, 6.07) is 18.7. The van der Waals surface area contributed by atoms with Gasteiger partial charge < -0.3 is 19.4 Å². The van der Waals surface area contributed by atoms with Gasteiger partial charge in [-0.2, -0.15) is 0 Å². The largest absolute Gasteiger partial charge is 0.504 e. The number of hydrogen-bond donors (Lipinski definition) is 2. The fraction of sp³-hybridized carbons (Fsp3) is 0.0455. The summed E-state index contributed by atoms with van der Waals surface area (Å²) in [5.41, 5.74) is 2.62. The van der Waals surface area contributed by atoms with Crippen LogP contribution in [0, 0.1) is 0 Å². The zero-order valence-electron chi connectivity index (χ0n) is 14.5. The molecule has 0 aliphatic rings. The molecule has 134 valence electrons. The van der Waals surface area contributed by atoms with E-state index in [1.54, 1.807) is 25.3 Å². The van der Waals surface area contributed by atoms with Gasteiger partial charge in [0, 0.05) is 11.6 Å². The summed E-state index contributed by atoms with van der Waals surface area (Å²) in [6.07, 6.45) is 0. The van der Waals surface area contributed by atoms with E-state index in [1.165, 1.54) is 18.2 Å². The van der Waals surface area contributed by atoms with Crippen LogP contribution in [0.1, 0.15) is 0 Å². The molecule has 4 aromatic rings. The lowest BCUT2D eigenvalue weighted by molar-refractivity contribution is 0.404. The molecule has 1 heterocycles. The first-order valence-electron chi connectivity index (χ1n) is 8.30. The smallest absolute Gasteiger partial charge is 0.193 e. The van der Waals surface area contributed by atoms with Crippen molar-refractivity contribution in [3.05, 3.63) is 77.0 Å².